The zero-order chi connectivity index (χ0) is 12.6. The molecule has 0 aromatic heterocycles. The number of halogens is 3. The highest BCUT2D eigenvalue weighted by atomic mass is 19.3. The minimum atomic E-state index is -3.00. The van der Waals surface area contributed by atoms with Crippen LogP contribution in [-0.2, 0) is 10.2 Å². The number of benzene rings is 1. The molecule has 1 fully saturated rings. The van der Waals surface area contributed by atoms with Crippen molar-refractivity contribution in [2.75, 3.05) is 0 Å². The lowest BCUT2D eigenvalue weighted by Gasteiger charge is -2.39. The summed E-state index contributed by atoms with van der Waals surface area (Å²) in [6.07, 6.45) is -1.77. The third-order valence-corrected chi connectivity index (χ3v) is 3.40. The van der Waals surface area contributed by atoms with E-state index in [1.54, 1.807) is 0 Å². The molecule has 1 aliphatic carbocycles. The molecule has 5 heteroatoms. The van der Waals surface area contributed by atoms with Gasteiger partial charge in [-0.15, -0.1) is 0 Å². The maximum absolute atomic E-state index is 13.4. The Kier molecular flexibility index (Phi) is 2.85. The molecule has 1 aromatic rings. The summed E-state index contributed by atoms with van der Waals surface area (Å²) < 4.78 is 39.0. The minimum absolute atomic E-state index is 0.0775. The van der Waals surface area contributed by atoms with E-state index in [2.05, 4.69) is 0 Å². The lowest BCUT2D eigenvalue weighted by atomic mass is 9.63. The summed E-state index contributed by atoms with van der Waals surface area (Å²) in [5, 5.41) is 9.17. The van der Waals surface area contributed by atoms with Gasteiger partial charge >= 0.3 is 5.97 Å². The zero-order valence-corrected chi connectivity index (χ0v) is 8.92. The highest BCUT2D eigenvalue weighted by Crippen LogP contribution is 2.47. The number of aliphatic carboxylic acids is 1. The number of carboxylic acid groups (broad SMARTS) is 1. The van der Waals surface area contributed by atoms with Crippen molar-refractivity contribution in [1.82, 2.24) is 0 Å². The molecule has 0 heterocycles. The molecule has 2 nitrogen and oxygen atoms in total. The van der Waals surface area contributed by atoms with Gasteiger partial charge in [0.05, 0.1) is 11.0 Å². The summed E-state index contributed by atoms with van der Waals surface area (Å²) in [5.74, 6) is -2.19. The average Bonchev–Trinajstić information content (AvgIpc) is 2.14. The van der Waals surface area contributed by atoms with E-state index in [-0.39, 0.29) is 18.4 Å². The molecule has 1 saturated carbocycles. The van der Waals surface area contributed by atoms with Gasteiger partial charge in [0, 0.05) is 0 Å². The minimum Gasteiger partial charge on any atom is -0.481 e. The van der Waals surface area contributed by atoms with E-state index in [9.17, 15) is 18.0 Å². The molecule has 0 atom stereocenters. The van der Waals surface area contributed by atoms with Crippen LogP contribution in [-0.4, -0.2) is 11.1 Å². The first-order valence-electron chi connectivity index (χ1n) is 5.29. The van der Waals surface area contributed by atoms with Crippen molar-refractivity contribution >= 4 is 5.97 Å². The van der Waals surface area contributed by atoms with Crippen LogP contribution in [0, 0.1) is 5.82 Å². The average molecular weight is 244 g/mol. The van der Waals surface area contributed by atoms with Crippen LogP contribution in [0.5, 0.6) is 0 Å². The molecule has 0 bridgehead atoms. The molecular weight excluding hydrogens is 233 g/mol. The van der Waals surface area contributed by atoms with Gasteiger partial charge in [-0.2, -0.15) is 0 Å². The Morgan fingerprint density at radius 1 is 1.35 bits per heavy atom. The monoisotopic (exact) mass is 244 g/mol. The lowest BCUT2D eigenvalue weighted by molar-refractivity contribution is -0.147. The van der Waals surface area contributed by atoms with Gasteiger partial charge in [-0.1, -0.05) is 18.6 Å². The largest absolute Gasteiger partial charge is 0.481 e. The molecule has 92 valence electrons. The van der Waals surface area contributed by atoms with Crippen LogP contribution in [0.4, 0.5) is 13.2 Å². The summed E-state index contributed by atoms with van der Waals surface area (Å²) in [6, 6.07) is 3.50. The van der Waals surface area contributed by atoms with Crippen molar-refractivity contribution in [2.45, 2.75) is 31.1 Å². The van der Waals surface area contributed by atoms with Crippen LogP contribution in [0.15, 0.2) is 18.2 Å². The molecule has 17 heavy (non-hydrogen) atoms. The number of alkyl halides is 2. The fraction of sp³-hybridized carbons (Fsp3) is 0.417. The lowest BCUT2D eigenvalue weighted by Crippen LogP contribution is -2.43. The first kappa shape index (κ1) is 12.0. The topological polar surface area (TPSA) is 37.3 Å². The number of carbonyl (C=O) groups is 1. The second kappa shape index (κ2) is 4.05. The second-order valence-corrected chi connectivity index (χ2v) is 4.24. The van der Waals surface area contributed by atoms with Gasteiger partial charge in [-0.25, -0.2) is 13.2 Å². The van der Waals surface area contributed by atoms with Crippen LogP contribution in [0.1, 0.15) is 36.8 Å². The first-order valence-corrected chi connectivity index (χ1v) is 5.29. The Bertz CT molecular complexity index is 453. The highest BCUT2D eigenvalue weighted by Gasteiger charge is 2.48. The Morgan fingerprint density at radius 3 is 2.41 bits per heavy atom. The third kappa shape index (κ3) is 1.69. The molecule has 0 unspecified atom stereocenters. The Labute approximate surface area is 96.1 Å². The third-order valence-electron chi connectivity index (χ3n) is 3.40. The Balaban J connectivity index is 2.59. The SMILES string of the molecule is O=C(O)C1(c2cccc(F)c2C(F)F)CCC1. The van der Waals surface area contributed by atoms with E-state index < -0.39 is 29.2 Å². The van der Waals surface area contributed by atoms with Crippen LogP contribution in [0.25, 0.3) is 0 Å². The van der Waals surface area contributed by atoms with Crippen molar-refractivity contribution in [1.29, 1.82) is 0 Å². The summed E-state index contributed by atoms with van der Waals surface area (Å²) in [7, 11) is 0. The van der Waals surface area contributed by atoms with Crippen molar-refractivity contribution in [2.24, 2.45) is 0 Å². The molecular formula is C12H11F3O2. The predicted molar refractivity (Wildman–Crippen MR) is 54.5 cm³/mol. The highest BCUT2D eigenvalue weighted by molar-refractivity contribution is 5.83. The van der Waals surface area contributed by atoms with Crippen LogP contribution < -0.4 is 0 Å². The van der Waals surface area contributed by atoms with Gasteiger partial charge in [0.2, 0.25) is 0 Å². The quantitative estimate of drug-likeness (QED) is 0.886. The Hall–Kier alpha value is -1.52. The number of hydrogen-bond donors (Lipinski definition) is 1. The molecule has 1 aliphatic rings. The normalized spacial score (nSPS) is 17.9. The zero-order valence-electron chi connectivity index (χ0n) is 8.92. The van der Waals surface area contributed by atoms with E-state index in [1.807, 2.05) is 0 Å². The number of hydrogen-bond acceptors (Lipinski definition) is 1. The molecule has 0 saturated heterocycles. The van der Waals surface area contributed by atoms with Gasteiger partial charge < -0.3 is 5.11 Å². The fourth-order valence-corrected chi connectivity index (χ4v) is 2.30. The van der Waals surface area contributed by atoms with Crippen molar-refractivity contribution in [3.63, 3.8) is 0 Å². The molecule has 0 radical (unpaired) electrons. The van der Waals surface area contributed by atoms with Gasteiger partial charge in [0.1, 0.15) is 5.82 Å². The summed E-state index contributed by atoms with van der Waals surface area (Å²) >= 11 is 0. The molecule has 1 N–H and O–H groups in total. The number of rotatable bonds is 3. The maximum Gasteiger partial charge on any atom is 0.314 e. The first-order chi connectivity index (χ1) is 7.99. The van der Waals surface area contributed by atoms with Gasteiger partial charge in [-0.3, -0.25) is 4.79 Å². The smallest absolute Gasteiger partial charge is 0.314 e. The van der Waals surface area contributed by atoms with E-state index in [4.69, 9.17) is 5.11 Å². The van der Waals surface area contributed by atoms with Gasteiger partial charge in [0.25, 0.3) is 6.43 Å². The predicted octanol–water partition coefficient (Wildman–Crippen LogP) is 3.27. The maximum atomic E-state index is 13.4. The molecule has 0 aliphatic heterocycles. The summed E-state index contributed by atoms with van der Waals surface area (Å²) in [4.78, 5) is 11.2. The fourth-order valence-electron chi connectivity index (χ4n) is 2.30. The summed E-state index contributed by atoms with van der Waals surface area (Å²) in [5.41, 5.74) is -2.17. The van der Waals surface area contributed by atoms with Crippen molar-refractivity contribution in [3.8, 4) is 0 Å². The van der Waals surface area contributed by atoms with E-state index in [1.165, 1.54) is 12.1 Å². The molecule has 1 aromatic carbocycles. The van der Waals surface area contributed by atoms with Crippen LogP contribution >= 0.6 is 0 Å². The van der Waals surface area contributed by atoms with E-state index in [0.29, 0.717) is 6.42 Å². The van der Waals surface area contributed by atoms with E-state index in [0.717, 1.165) is 6.07 Å². The van der Waals surface area contributed by atoms with Crippen LogP contribution in [0.3, 0.4) is 0 Å². The van der Waals surface area contributed by atoms with E-state index >= 15 is 0 Å². The summed E-state index contributed by atoms with van der Waals surface area (Å²) in [6.45, 7) is 0. The second-order valence-electron chi connectivity index (χ2n) is 4.24. The van der Waals surface area contributed by atoms with Gasteiger partial charge in [-0.05, 0) is 24.5 Å². The molecule has 0 amide bonds. The number of carboxylic acids is 1. The molecule has 0 spiro atoms. The molecule has 2 rings (SSSR count). The van der Waals surface area contributed by atoms with Gasteiger partial charge in [0.15, 0.2) is 0 Å². The Morgan fingerprint density at radius 2 is 2.00 bits per heavy atom. The van der Waals surface area contributed by atoms with Crippen molar-refractivity contribution < 1.29 is 23.1 Å². The van der Waals surface area contributed by atoms with Crippen molar-refractivity contribution in [3.05, 3.63) is 35.1 Å². The van der Waals surface area contributed by atoms with Crippen LogP contribution in [0.2, 0.25) is 0 Å². The standard InChI is InChI=1S/C12H11F3O2/c13-8-4-1-3-7(9(8)10(14)15)12(11(16)17)5-2-6-12/h1,3-4,10H,2,5-6H2,(H,16,17).